The average Bonchev–Trinajstić information content (AvgIpc) is 1.66. The molecule has 0 heterocycles. The van der Waals surface area contributed by atoms with Crippen molar-refractivity contribution in [1.29, 1.82) is 0 Å². The minimum Gasteiger partial charge on any atom is -0.399 e. The number of rotatable bonds is 3. The Morgan fingerprint density at radius 2 is 2.25 bits per heavy atom. The Bertz CT molecular complexity index is 68.9. The molecule has 0 rings (SSSR count). The third-order valence-corrected chi connectivity index (χ3v) is 0.757. The SMILES string of the molecule is CO/N=C/CC(C)C. The Morgan fingerprint density at radius 1 is 1.62 bits per heavy atom. The van der Waals surface area contributed by atoms with Gasteiger partial charge in [0.25, 0.3) is 0 Å². The third kappa shape index (κ3) is 5.47. The van der Waals surface area contributed by atoms with Crippen LogP contribution in [0.1, 0.15) is 20.3 Å². The van der Waals surface area contributed by atoms with E-state index in [1.807, 2.05) is 0 Å². The summed E-state index contributed by atoms with van der Waals surface area (Å²) in [6.45, 7) is 4.28. The van der Waals surface area contributed by atoms with Gasteiger partial charge in [0.15, 0.2) is 0 Å². The van der Waals surface area contributed by atoms with Gasteiger partial charge in [0.05, 0.1) is 0 Å². The molecule has 8 heavy (non-hydrogen) atoms. The van der Waals surface area contributed by atoms with Gasteiger partial charge in [-0.1, -0.05) is 19.0 Å². The molecule has 0 aromatic rings. The summed E-state index contributed by atoms with van der Waals surface area (Å²) in [7, 11) is 1.55. The summed E-state index contributed by atoms with van der Waals surface area (Å²) >= 11 is 0. The smallest absolute Gasteiger partial charge is 0.106 e. The lowest BCUT2D eigenvalue weighted by Gasteiger charge is -1.93. The molecule has 0 saturated heterocycles. The van der Waals surface area contributed by atoms with Crippen LogP contribution >= 0.6 is 0 Å². The summed E-state index contributed by atoms with van der Waals surface area (Å²) in [5.74, 6) is 0.675. The van der Waals surface area contributed by atoms with Crippen molar-refractivity contribution in [2.24, 2.45) is 11.1 Å². The van der Waals surface area contributed by atoms with Gasteiger partial charge in [0, 0.05) is 6.21 Å². The highest BCUT2D eigenvalue weighted by molar-refractivity contribution is 5.56. The Labute approximate surface area is 50.5 Å². The van der Waals surface area contributed by atoms with Crippen molar-refractivity contribution in [3.05, 3.63) is 0 Å². The van der Waals surface area contributed by atoms with Crippen molar-refractivity contribution < 1.29 is 4.84 Å². The normalized spacial score (nSPS) is 11.0. The monoisotopic (exact) mass is 115 g/mol. The lowest BCUT2D eigenvalue weighted by Crippen LogP contribution is -1.86. The van der Waals surface area contributed by atoms with E-state index in [9.17, 15) is 0 Å². The standard InChI is InChI=1S/C6H13NO/c1-6(2)4-5-7-8-3/h5-6H,4H2,1-3H3/b7-5+. The van der Waals surface area contributed by atoms with Gasteiger partial charge in [0.2, 0.25) is 0 Å². The number of oxime groups is 1. The first-order chi connectivity index (χ1) is 3.77. The molecule has 0 aromatic heterocycles. The van der Waals surface area contributed by atoms with Crippen LogP contribution in [0.5, 0.6) is 0 Å². The van der Waals surface area contributed by atoms with Gasteiger partial charge in [-0.25, -0.2) is 0 Å². The summed E-state index contributed by atoms with van der Waals surface area (Å²) < 4.78 is 0. The second kappa shape index (κ2) is 4.62. The van der Waals surface area contributed by atoms with Crippen LogP contribution in [0.15, 0.2) is 5.16 Å². The Hall–Kier alpha value is -0.530. The maximum atomic E-state index is 4.46. The maximum Gasteiger partial charge on any atom is 0.106 e. The van der Waals surface area contributed by atoms with Gasteiger partial charge in [-0.2, -0.15) is 0 Å². The fourth-order valence-electron chi connectivity index (χ4n) is 0.328. The minimum atomic E-state index is 0.675. The third-order valence-electron chi connectivity index (χ3n) is 0.757. The zero-order valence-corrected chi connectivity index (χ0v) is 5.72. The van der Waals surface area contributed by atoms with Gasteiger partial charge in [-0.15, -0.1) is 0 Å². The summed E-state index contributed by atoms with van der Waals surface area (Å²) in [6, 6.07) is 0. The molecule has 0 fully saturated rings. The molecular weight excluding hydrogens is 102 g/mol. The molecule has 2 nitrogen and oxygen atoms in total. The van der Waals surface area contributed by atoms with Gasteiger partial charge in [0.1, 0.15) is 7.11 Å². The zero-order valence-electron chi connectivity index (χ0n) is 5.72. The van der Waals surface area contributed by atoms with Crippen LogP contribution in [0, 0.1) is 5.92 Å². The predicted octanol–water partition coefficient (Wildman–Crippen LogP) is 1.66. The van der Waals surface area contributed by atoms with Crippen LogP contribution in [0.3, 0.4) is 0 Å². The van der Waals surface area contributed by atoms with Crippen LogP contribution in [0.2, 0.25) is 0 Å². The van der Waals surface area contributed by atoms with Crippen LogP contribution in [0.25, 0.3) is 0 Å². The summed E-state index contributed by atoms with van der Waals surface area (Å²) in [4.78, 5) is 4.46. The van der Waals surface area contributed by atoms with E-state index >= 15 is 0 Å². The van der Waals surface area contributed by atoms with E-state index < -0.39 is 0 Å². The lowest BCUT2D eigenvalue weighted by atomic mass is 10.2. The van der Waals surface area contributed by atoms with Gasteiger partial charge >= 0.3 is 0 Å². The van der Waals surface area contributed by atoms with Crippen LogP contribution in [-0.4, -0.2) is 13.3 Å². The van der Waals surface area contributed by atoms with Crippen molar-refractivity contribution in [2.75, 3.05) is 7.11 Å². The molecule has 48 valence electrons. The van der Waals surface area contributed by atoms with Gasteiger partial charge in [-0.3, -0.25) is 0 Å². The Balaban J connectivity index is 3.03. The van der Waals surface area contributed by atoms with E-state index in [-0.39, 0.29) is 0 Å². The molecule has 0 aliphatic heterocycles. The molecule has 0 atom stereocenters. The van der Waals surface area contributed by atoms with E-state index in [0.29, 0.717) is 5.92 Å². The molecule has 0 bridgehead atoms. The predicted molar refractivity (Wildman–Crippen MR) is 35.0 cm³/mol. The molecular formula is C6H13NO. The number of nitrogens with zero attached hydrogens (tertiary/aromatic N) is 1. The average molecular weight is 115 g/mol. The minimum absolute atomic E-state index is 0.675. The summed E-state index contributed by atoms with van der Waals surface area (Å²) in [5, 5.41) is 3.59. The highest BCUT2D eigenvalue weighted by atomic mass is 16.6. The van der Waals surface area contributed by atoms with E-state index in [1.165, 1.54) is 0 Å². The first-order valence-electron chi connectivity index (χ1n) is 2.82. The quantitative estimate of drug-likeness (QED) is 0.405. The van der Waals surface area contributed by atoms with Gasteiger partial charge < -0.3 is 4.84 Å². The van der Waals surface area contributed by atoms with Crippen molar-refractivity contribution in [1.82, 2.24) is 0 Å². The maximum absolute atomic E-state index is 4.46. The summed E-state index contributed by atoms with van der Waals surface area (Å²) in [5.41, 5.74) is 0. The molecule has 0 amide bonds. The van der Waals surface area contributed by atoms with Crippen LogP contribution in [0.4, 0.5) is 0 Å². The fourth-order valence-corrected chi connectivity index (χ4v) is 0.328. The largest absolute Gasteiger partial charge is 0.399 e. The van der Waals surface area contributed by atoms with Crippen molar-refractivity contribution in [2.45, 2.75) is 20.3 Å². The molecule has 0 spiro atoms. The number of hydrogen-bond acceptors (Lipinski definition) is 2. The fraction of sp³-hybridized carbons (Fsp3) is 0.833. The zero-order chi connectivity index (χ0) is 6.41. The molecule has 0 unspecified atom stereocenters. The van der Waals surface area contributed by atoms with Crippen LogP contribution < -0.4 is 0 Å². The summed E-state index contributed by atoms with van der Waals surface area (Å²) in [6.07, 6.45) is 2.78. The topological polar surface area (TPSA) is 21.6 Å². The second-order valence-electron chi connectivity index (χ2n) is 2.10. The highest BCUT2D eigenvalue weighted by Gasteiger charge is 1.86. The van der Waals surface area contributed by atoms with Crippen LogP contribution in [-0.2, 0) is 4.84 Å². The van der Waals surface area contributed by atoms with E-state index in [2.05, 4.69) is 23.8 Å². The van der Waals surface area contributed by atoms with Crippen molar-refractivity contribution >= 4 is 6.21 Å². The molecule has 0 N–H and O–H groups in total. The highest BCUT2D eigenvalue weighted by Crippen LogP contribution is 1.94. The molecule has 0 aromatic carbocycles. The van der Waals surface area contributed by atoms with Crippen molar-refractivity contribution in [3.8, 4) is 0 Å². The molecule has 0 radical (unpaired) electrons. The number of hydrogen-bond donors (Lipinski definition) is 0. The van der Waals surface area contributed by atoms with E-state index in [1.54, 1.807) is 13.3 Å². The first-order valence-corrected chi connectivity index (χ1v) is 2.82. The lowest BCUT2D eigenvalue weighted by molar-refractivity contribution is 0.214. The molecule has 0 aliphatic carbocycles. The molecule has 0 aliphatic rings. The van der Waals surface area contributed by atoms with Gasteiger partial charge in [-0.05, 0) is 12.3 Å². The van der Waals surface area contributed by atoms with E-state index in [4.69, 9.17) is 0 Å². The molecule has 0 saturated carbocycles. The first kappa shape index (κ1) is 7.47. The Kier molecular flexibility index (Phi) is 4.32. The van der Waals surface area contributed by atoms with Crippen molar-refractivity contribution in [3.63, 3.8) is 0 Å². The second-order valence-corrected chi connectivity index (χ2v) is 2.10. The Morgan fingerprint density at radius 3 is 2.62 bits per heavy atom. The molecule has 2 heteroatoms. The van der Waals surface area contributed by atoms with E-state index in [0.717, 1.165) is 6.42 Å².